The highest BCUT2D eigenvalue weighted by atomic mass is 35.5. The third-order valence-electron chi connectivity index (χ3n) is 1.99. The first-order valence-electron chi connectivity index (χ1n) is 4.69. The summed E-state index contributed by atoms with van der Waals surface area (Å²) < 4.78 is 13.1. The van der Waals surface area contributed by atoms with Gasteiger partial charge in [-0.05, 0) is 24.3 Å². The molecule has 0 saturated heterocycles. The van der Waals surface area contributed by atoms with Gasteiger partial charge >= 0.3 is 0 Å². The number of pyridine rings is 1. The van der Waals surface area contributed by atoms with Crippen molar-refractivity contribution in [3.05, 3.63) is 46.3 Å². The van der Waals surface area contributed by atoms with Crippen LogP contribution in [0.4, 0.5) is 21.6 Å². The van der Waals surface area contributed by atoms with Crippen molar-refractivity contribution >= 4 is 40.4 Å². The second-order valence-electron chi connectivity index (χ2n) is 3.38. The summed E-state index contributed by atoms with van der Waals surface area (Å²) in [5.41, 5.74) is 6.44. The monoisotopic (exact) mass is 271 g/mol. The lowest BCUT2D eigenvalue weighted by atomic mass is 10.3. The van der Waals surface area contributed by atoms with Crippen molar-refractivity contribution in [3.63, 3.8) is 0 Å². The summed E-state index contributed by atoms with van der Waals surface area (Å²) in [7, 11) is 0. The molecule has 0 aliphatic heterocycles. The Morgan fingerprint density at radius 3 is 2.59 bits per heavy atom. The second-order valence-corrected chi connectivity index (χ2v) is 4.23. The molecule has 1 aromatic carbocycles. The molecule has 0 atom stereocenters. The summed E-state index contributed by atoms with van der Waals surface area (Å²) in [5.74, 6) is -0.0471. The molecule has 0 spiro atoms. The summed E-state index contributed by atoms with van der Waals surface area (Å²) in [6, 6.07) is 5.63. The van der Waals surface area contributed by atoms with E-state index in [0.717, 1.165) is 0 Å². The lowest BCUT2D eigenvalue weighted by molar-refractivity contribution is 0.628. The molecule has 3 N–H and O–H groups in total. The standard InChI is InChI=1S/C11H8Cl2FN3/c12-6-1-7(14)3-9(2-6)17-11-10(13)4-8(15)5-16-11/h1-5H,15H2,(H,16,17). The predicted octanol–water partition coefficient (Wildman–Crippen LogP) is 3.85. The fraction of sp³-hybridized carbons (Fsp3) is 0. The maximum Gasteiger partial charge on any atom is 0.149 e. The lowest BCUT2D eigenvalue weighted by Crippen LogP contribution is -1.96. The molecular formula is C11H8Cl2FN3. The Balaban J connectivity index is 2.31. The molecule has 1 heterocycles. The first-order valence-corrected chi connectivity index (χ1v) is 5.44. The number of rotatable bonds is 2. The van der Waals surface area contributed by atoms with Gasteiger partial charge in [-0.15, -0.1) is 0 Å². The van der Waals surface area contributed by atoms with Gasteiger partial charge in [-0.1, -0.05) is 23.2 Å². The van der Waals surface area contributed by atoms with E-state index in [9.17, 15) is 4.39 Å². The molecule has 0 unspecified atom stereocenters. The van der Waals surface area contributed by atoms with Crippen molar-refractivity contribution in [1.82, 2.24) is 4.98 Å². The zero-order valence-corrected chi connectivity index (χ0v) is 10.1. The van der Waals surface area contributed by atoms with E-state index in [1.165, 1.54) is 18.3 Å². The average Bonchev–Trinajstić information content (AvgIpc) is 2.21. The van der Waals surface area contributed by atoms with Crippen LogP contribution in [0.1, 0.15) is 0 Å². The van der Waals surface area contributed by atoms with Crippen molar-refractivity contribution in [2.45, 2.75) is 0 Å². The van der Waals surface area contributed by atoms with Crippen LogP contribution in [0.25, 0.3) is 0 Å². The number of nitrogens with one attached hydrogen (secondary N) is 1. The van der Waals surface area contributed by atoms with Gasteiger partial charge in [-0.2, -0.15) is 0 Å². The van der Waals surface area contributed by atoms with Crippen LogP contribution in [0.3, 0.4) is 0 Å². The fourth-order valence-electron chi connectivity index (χ4n) is 1.31. The van der Waals surface area contributed by atoms with Crippen molar-refractivity contribution in [2.24, 2.45) is 0 Å². The number of hydrogen-bond donors (Lipinski definition) is 2. The molecule has 2 aromatic rings. The molecular weight excluding hydrogens is 264 g/mol. The minimum absolute atomic E-state index is 0.291. The Hall–Kier alpha value is -1.52. The van der Waals surface area contributed by atoms with E-state index in [2.05, 4.69) is 10.3 Å². The first-order chi connectivity index (χ1) is 8.04. The van der Waals surface area contributed by atoms with Crippen molar-refractivity contribution in [1.29, 1.82) is 0 Å². The van der Waals surface area contributed by atoms with E-state index in [1.807, 2.05) is 0 Å². The molecule has 17 heavy (non-hydrogen) atoms. The summed E-state index contributed by atoms with van der Waals surface area (Å²) in [6.45, 7) is 0. The molecule has 6 heteroatoms. The topological polar surface area (TPSA) is 50.9 Å². The maximum atomic E-state index is 13.1. The number of benzene rings is 1. The van der Waals surface area contributed by atoms with Crippen LogP contribution in [0.2, 0.25) is 10.0 Å². The molecule has 0 amide bonds. The van der Waals surface area contributed by atoms with Crippen molar-refractivity contribution in [3.8, 4) is 0 Å². The molecule has 3 nitrogen and oxygen atoms in total. The Labute approximate surface area is 107 Å². The Kier molecular flexibility index (Phi) is 3.36. The summed E-state index contributed by atoms with van der Waals surface area (Å²) >= 11 is 11.7. The van der Waals surface area contributed by atoms with Gasteiger partial charge in [0, 0.05) is 10.7 Å². The third-order valence-corrected chi connectivity index (χ3v) is 2.49. The first kappa shape index (κ1) is 12.0. The number of hydrogen-bond acceptors (Lipinski definition) is 3. The summed E-state index contributed by atoms with van der Waals surface area (Å²) in [6.07, 6.45) is 1.45. The Morgan fingerprint density at radius 2 is 1.94 bits per heavy atom. The third kappa shape index (κ3) is 2.99. The SMILES string of the molecule is Nc1cnc(Nc2cc(F)cc(Cl)c2)c(Cl)c1. The van der Waals surface area contributed by atoms with Crippen LogP contribution in [-0.4, -0.2) is 4.98 Å². The molecule has 0 fully saturated rings. The lowest BCUT2D eigenvalue weighted by Gasteiger charge is -2.08. The summed E-state index contributed by atoms with van der Waals surface area (Å²) in [4.78, 5) is 4.00. The van der Waals surface area contributed by atoms with Crippen molar-refractivity contribution in [2.75, 3.05) is 11.1 Å². The number of halogens is 3. The smallest absolute Gasteiger partial charge is 0.149 e. The Morgan fingerprint density at radius 1 is 1.18 bits per heavy atom. The van der Waals surface area contributed by atoms with Crippen LogP contribution in [0, 0.1) is 5.82 Å². The fourth-order valence-corrected chi connectivity index (χ4v) is 1.75. The minimum Gasteiger partial charge on any atom is -0.397 e. The molecule has 1 aromatic heterocycles. The van der Waals surface area contributed by atoms with Crippen LogP contribution in [0.15, 0.2) is 30.5 Å². The Bertz CT molecular complexity index is 540. The van der Waals surface area contributed by atoms with E-state index in [4.69, 9.17) is 28.9 Å². The van der Waals surface area contributed by atoms with E-state index < -0.39 is 5.82 Å². The highest BCUT2D eigenvalue weighted by Crippen LogP contribution is 2.26. The van der Waals surface area contributed by atoms with Gasteiger partial charge in [0.05, 0.1) is 16.9 Å². The molecule has 0 bridgehead atoms. The van der Waals surface area contributed by atoms with Crippen LogP contribution in [0.5, 0.6) is 0 Å². The highest BCUT2D eigenvalue weighted by Gasteiger charge is 2.05. The molecule has 88 valence electrons. The highest BCUT2D eigenvalue weighted by molar-refractivity contribution is 6.33. The van der Waals surface area contributed by atoms with E-state index in [0.29, 0.717) is 27.2 Å². The van der Waals surface area contributed by atoms with Gasteiger partial charge in [0.25, 0.3) is 0 Å². The van der Waals surface area contributed by atoms with Gasteiger partial charge in [-0.3, -0.25) is 0 Å². The van der Waals surface area contributed by atoms with Crippen LogP contribution in [-0.2, 0) is 0 Å². The van der Waals surface area contributed by atoms with E-state index >= 15 is 0 Å². The van der Waals surface area contributed by atoms with E-state index in [-0.39, 0.29) is 0 Å². The number of aromatic nitrogens is 1. The second kappa shape index (κ2) is 4.77. The number of anilines is 3. The molecule has 0 aliphatic carbocycles. The van der Waals surface area contributed by atoms with Gasteiger partial charge in [0.15, 0.2) is 0 Å². The van der Waals surface area contributed by atoms with E-state index in [1.54, 1.807) is 12.1 Å². The molecule has 0 saturated carbocycles. The van der Waals surface area contributed by atoms with Crippen LogP contribution >= 0.6 is 23.2 Å². The van der Waals surface area contributed by atoms with Crippen LogP contribution < -0.4 is 11.1 Å². The molecule has 0 radical (unpaired) electrons. The molecule has 2 rings (SSSR count). The maximum absolute atomic E-state index is 13.1. The number of nitrogen functional groups attached to an aromatic ring is 1. The quantitative estimate of drug-likeness (QED) is 0.872. The predicted molar refractivity (Wildman–Crippen MR) is 68.4 cm³/mol. The zero-order valence-electron chi connectivity index (χ0n) is 8.55. The largest absolute Gasteiger partial charge is 0.397 e. The van der Waals surface area contributed by atoms with Gasteiger partial charge in [0.2, 0.25) is 0 Å². The number of nitrogens with zero attached hydrogens (tertiary/aromatic N) is 1. The molecule has 0 aliphatic rings. The normalized spacial score (nSPS) is 10.3. The average molecular weight is 272 g/mol. The minimum atomic E-state index is -0.438. The summed E-state index contributed by atoms with van der Waals surface area (Å²) in [5, 5.41) is 3.50. The van der Waals surface area contributed by atoms with Crippen molar-refractivity contribution < 1.29 is 4.39 Å². The zero-order chi connectivity index (χ0) is 12.4. The van der Waals surface area contributed by atoms with Gasteiger partial charge in [0.1, 0.15) is 11.6 Å². The number of nitrogens with two attached hydrogens (primary N) is 1. The van der Waals surface area contributed by atoms with Gasteiger partial charge in [-0.25, -0.2) is 9.37 Å². The van der Waals surface area contributed by atoms with Gasteiger partial charge < -0.3 is 11.1 Å².